The molecule has 24 heavy (non-hydrogen) atoms. The largest absolute Gasteiger partial charge is 0.276 e. The highest BCUT2D eigenvalue weighted by molar-refractivity contribution is 7.80. The standard InChI is InChI=1S/C20H17N3S/c24-17(14-16-8-2-1-3-9-16)15-23-20(18-10-4-6-12-21-18)19-11-5-7-13-22-19/h1-13H,14-15H2. The van der Waals surface area contributed by atoms with Crippen LogP contribution in [0.15, 0.2) is 84.1 Å². The molecule has 3 rings (SSSR count). The Bertz CT molecular complexity index is 774. The second-order valence-electron chi connectivity index (χ2n) is 5.30. The van der Waals surface area contributed by atoms with E-state index in [-0.39, 0.29) is 0 Å². The molecule has 0 atom stereocenters. The zero-order valence-corrected chi connectivity index (χ0v) is 14.0. The zero-order chi connectivity index (χ0) is 16.6. The summed E-state index contributed by atoms with van der Waals surface area (Å²) in [6, 6.07) is 21.8. The van der Waals surface area contributed by atoms with E-state index in [0.29, 0.717) is 6.54 Å². The van der Waals surface area contributed by atoms with Gasteiger partial charge in [0.05, 0.1) is 17.9 Å². The van der Waals surface area contributed by atoms with Gasteiger partial charge < -0.3 is 0 Å². The molecular formula is C20H17N3S. The van der Waals surface area contributed by atoms with Gasteiger partial charge in [-0.1, -0.05) is 54.7 Å². The van der Waals surface area contributed by atoms with Crippen LogP contribution < -0.4 is 0 Å². The van der Waals surface area contributed by atoms with Crippen molar-refractivity contribution in [2.24, 2.45) is 4.99 Å². The summed E-state index contributed by atoms with van der Waals surface area (Å²) in [4.78, 5) is 14.4. The third kappa shape index (κ3) is 4.40. The lowest BCUT2D eigenvalue weighted by molar-refractivity contribution is 1.19. The van der Waals surface area contributed by atoms with Gasteiger partial charge >= 0.3 is 0 Å². The molecule has 0 radical (unpaired) electrons. The average molecular weight is 331 g/mol. The molecule has 0 saturated carbocycles. The Morgan fingerprint density at radius 1 is 0.792 bits per heavy atom. The maximum absolute atomic E-state index is 5.51. The molecule has 0 aliphatic carbocycles. The van der Waals surface area contributed by atoms with Crippen molar-refractivity contribution in [3.05, 3.63) is 96.1 Å². The second-order valence-corrected chi connectivity index (χ2v) is 5.87. The Morgan fingerprint density at radius 3 is 1.92 bits per heavy atom. The molecule has 0 amide bonds. The Morgan fingerprint density at radius 2 is 1.38 bits per heavy atom. The van der Waals surface area contributed by atoms with Crippen molar-refractivity contribution in [3.63, 3.8) is 0 Å². The third-order valence-corrected chi connectivity index (χ3v) is 3.75. The van der Waals surface area contributed by atoms with E-state index in [1.165, 1.54) is 5.56 Å². The molecule has 118 valence electrons. The molecule has 1 aromatic carbocycles. The average Bonchev–Trinajstić information content (AvgIpc) is 2.64. The minimum absolute atomic E-state index is 0.479. The normalized spacial score (nSPS) is 10.2. The smallest absolute Gasteiger partial charge is 0.109 e. The third-order valence-electron chi connectivity index (χ3n) is 3.47. The molecule has 0 fully saturated rings. The summed E-state index contributed by atoms with van der Waals surface area (Å²) in [5.41, 5.74) is 3.58. The Hall–Kier alpha value is -2.72. The summed E-state index contributed by atoms with van der Waals surface area (Å²) in [5.74, 6) is 0. The molecular weight excluding hydrogens is 314 g/mol. The number of benzene rings is 1. The highest BCUT2D eigenvalue weighted by atomic mass is 32.1. The number of aliphatic imine (C=N–C) groups is 1. The lowest BCUT2D eigenvalue weighted by Crippen LogP contribution is -2.12. The first-order valence-electron chi connectivity index (χ1n) is 7.76. The number of aromatic nitrogens is 2. The van der Waals surface area contributed by atoms with Crippen LogP contribution in [0, 0.1) is 0 Å². The Kier molecular flexibility index (Phi) is 5.53. The monoisotopic (exact) mass is 331 g/mol. The number of hydrogen-bond acceptors (Lipinski definition) is 4. The van der Waals surface area contributed by atoms with Crippen LogP contribution in [0.2, 0.25) is 0 Å². The van der Waals surface area contributed by atoms with Gasteiger partial charge in [-0.3, -0.25) is 15.0 Å². The van der Waals surface area contributed by atoms with Crippen LogP contribution in [0.1, 0.15) is 17.0 Å². The van der Waals surface area contributed by atoms with Crippen LogP contribution in [0.4, 0.5) is 0 Å². The first-order chi connectivity index (χ1) is 11.8. The van der Waals surface area contributed by atoms with Crippen molar-refractivity contribution in [1.82, 2.24) is 9.97 Å². The Labute approximate surface area is 147 Å². The van der Waals surface area contributed by atoms with Gasteiger partial charge in [-0.05, 0) is 29.8 Å². The van der Waals surface area contributed by atoms with Gasteiger partial charge in [-0.15, -0.1) is 0 Å². The summed E-state index contributed by atoms with van der Waals surface area (Å²) >= 11 is 5.51. The van der Waals surface area contributed by atoms with Gasteiger partial charge in [-0.2, -0.15) is 0 Å². The van der Waals surface area contributed by atoms with Crippen molar-refractivity contribution in [1.29, 1.82) is 0 Å². The Balaban J connectivity index is 1.81. The number of pyridine rings is 2. The van der Waals surface area contributed by atoms with Crippen molar-refractivity contribution < 1.29 is 0 Å². The van der Waals surface area contributed by atoms with E-state index in [0.717, 1.165) is 28.4 Å². The van der Waals surface area contributed by atoms with Gasteiger partial charge in [0.1, 0.15) is 5.71 Å². The van der Waals surface area contributed by atoms with Crippen LogP contribution in [-0.2, 0) is 6.42 Å². The molecule has 2 heterocycles. The van der Waals surface area contributed by atoms with E-state index < -0.39 is 0 Å². The fourth-order valence-electron chi connectivity index (χ4n) is 2.35. The minimum Gasteiger partial charge on any atom is -0.276 e. The van der Waals surface area contributed by atoms with Gasteiger partial charge in [-0.25, -0.2) is 0 Å². The number of nitrogens with zero attached hydrogens (tertiary/aromatic N) is 3. The SMILES string of the molecule is S=C(CN=C(c1ccccn1)c1ccccn1)Cc1ccccc1. The van der Waals surface area contributed by atoms with E-state index >= 15 is 0 Å². The van der Waals surface area contributed by atoms with Crippen LogP contribution in [0.25, 0.3) is 0 Å². The molecule has 0 aliphatic heterocycles. The number of hydrogen-bond donors (Lipinski definition) is 0. The molecule has 0 saturated heterocycles. The molecule has 3 nitrogen and oxygen atoms in total. The summed E-state index contributed by atoms with van der Waals surface area (Å²) in [5, 5.41) is 0. The van der Waals surface area contributed by atoms with Crippen LogP contribution in [0.5, 0.6) is 0 Å². The van der Waals surface area contributed by atoms with Crippen molar-refractivity contribution in [2.45, 2.75) is 6.42 Å². The molecule has 0 N–H and O–H groups in total. The lowest BCUT2D eigenvalue weighted by Gasteiger charge is -2.07. The minimum atomic E-state index is 0.479. The van der Waals surface area contributed by atoms with E-state index in [1.54, 1.807) is 12.4 Å². The van der Waals surface area contributed by atoms with E-state index in [1.807, 2.05) is 54.6 Å². The van der Waals surface area contributed by atoms with Crippen molar-refractivity contribution in [2.75, 3.05) is 6.54 Å². The predicted octanol–water partition coefficient (Wildman–Crippen LogP) is 3.93. The van der Waals surface area contributed by atoms with Crippen LogP contribution in [0.3, 0.4) is 0 Å². The molecule has 2 aromatic heterocycles. The lowest BCUT2D eigenvalue weighted by atomic mass is 10.1. The van der Waals surface area contributed by atoms with E-state index in [2.05, 4.69) is 22.1 Å². The number of rotatable bonds is 6. The fraction of sp³-hybridized carbons (Fsp3) is 0.100. The molecule has 0 aliphatic rings. The number of thiocarbonyl (C=S) groups is 1. The highest BCUT2D eigenvalue weighted by Crippen LogP contribution is 2.07. The molecule has 4 heteroatoms. The summed E-state index contributed by atoms with van der Waals surface area (Å²) < 4.78 is 0. The summed E-state index contributed by atoms with van der Waals surface area (Å²) in [6.45, 7) is 0.479. The molecule has 0 spiro atoms. The topological polar surface area (TPSA) is 38.1 Å². The zero-order valence-electron chi connectivity index (χ0n) is 13.2. The summed E-state index contributed by atoms with van der Waals surface area (Å²) in [7, 11) is 0. The highest BCUT2D eigenvalue weighted by Gasteiger charge is 2.09. The van der Waals surface area contributed by atoms with Crippen molar-refractivity contribution >= 4 is 22.8 Å². The first kappa shape index (κ1) is 16.1. The van der Waals surface area contributed by atoms with Crippen LogP contribution >= 0.6 is 12.2 Å². The second kappa shape index (κ2) is 8.22. The maximum Gasteiger partial charge on any atom is 0.109 e. The molecule has 3 aromatic rings. The first-order valence-corrected chi connectivity index (χ1v) is 8.16. The molecule has 0 bridgehead atoms. The van der Waals surface area contributed by atoms with Gasteiger partial charge in [0.2, 0.25) is 0 Å². The van der Waals surface area contributed by atoms with Gasteiger partial charge in [0.25, 0.3) is 0 Å². The maximum atomic E-state index is 5.51. The van der Waals surface area contributed by atoms with Gasteiger partial charge in [0.15, 0.2) is 0 Å². The van der Waals surface area contributed by atoms with Crippen molar-refractivity contribution in [3.8, 4) is 0 Å². The van der Waals surface area contributed by atoms with Crippen LogP contribution in [-0.4, -0.2) is 27.1 Å². The fourth-order valence-corrected chi connectivity index (χ4v) is 2.58. The predicted molar refractivity (Wildman–Crippen MR) is 102 cm³/mol. The molecule has 0 unspecified atom stereocenters. The van der Waals surface area contributed by atoms with E-state index in [4.69, 9.17) is 17.2 Å². The summed E-state index contributed by atoms with van der Waals surface area (Å²) in [6.07, 6.45) is 4.27. The van der Waals surface area contributed by atoms with Gasteiger partial charge in [0, 0.05) is 23.7 Å². The quantitative estimate of drug-likeness (QED) is 0.507. The van der Waals surface area contributed by atoms with E-state index in [9.17, 15) is 0 Å².